The summed E-state index contributed by atoms with van der Waals surface area (Å²) in [7, 11) is 1.60. The molecule has 1 atom stereocenters. The highest BCUT2D eigenvalue weighted by molar-refractivity contribution is 9.10. The summed E-state index contributed by atoms with van der Waals surface area (Å²) in [6.45, 7) is 2.34. The van der Waals surface area contributed by atoms with Crippen molar-refractivity contribution in [3.05, 3.63) is 34.3 Å². The standard InChI is InChI=1S/C11H13BrO2/c1-8(7-14-2)11(13)9-3-5-10(12)6-4-9/h3-6,8H,7H2,1-2H3. The van der Waals surface area contributed by atoms with Crippen LogP contribution in [0.1, 0.15) is 17.3 Å². The number of hydrogen-bond donors (Lipinski definition) is 0. The lowest BCUT2D eigenvalue weighted by Crippen LogP contribution is -2.16. The maximum absolute atomic E-state index is 11.8. The minimum atomic E-state index is -0.0822. The van der Waals surface area contributed by atoms with E-state index in [9.17, 15) is 4.79 Å². The largest absolute Gasteiger partial charge is 0.384 e. The van der Waals surface area contributed by atoms with Gasteiger partial charge in [-0.05, 0) is 12.1 Å². The lowest BCUT2D eigenvalue weighted by molar-refractivity contribution is 0.0830. The number of hydrogen-bond acceptors (Lipinski definition) is 2. The molecule has 1 aromatic rings. The molecule has 0 aliphatic heterocycles. The van der Waals surface area contributed by atoms with Crippen LogP contribution in [0.15, 0.2) is 28.7 Å². The fraction of sp³-hybridized carbons (Fsp3) is 0.364. The highest BCUT2D eigenvalue weighted by atomic mass is 79.9. The first kappa shape index (κ1) is 11.4. The predicted molar refractivity (Wildman–Crippen MR) is 59.5 cm³/mol. The minimum absolute atomic E-state index is 0.0822. The lowest BCUT2D eigenvalue weighted by atomic mass is 10.0. The van der Waals surface area contributed by atoms with Crippen LogP contribution in [0.2, 0.25) is 0 Å². The topological polar surface area (TPSA) is 26.3 Å². The van der Waals surface area contributed by atoms with E-state index in [1.54, 1.807) is 7.11 Å². The molecule has 0 radical (unpaired) electrons. The van der Waals surface area contributed by atoms with Gasteiger partial charge in [-0.25, -0.2) is 0 Å². The molecule has 0 spiro atoms. The van der Waals surface area contributed by atoms with Crippen molar-refractivity contribution in [1.29, 1.82) is 0 Å². The molecule has 0 fully saturated rings. The summed E-state index contributed by atoms with van der Waals surface area (Å²) in [6.07, 6.45) is 0. The molecule has 0 saturated carbocycles. The molecule has 0 aliphatic rings. The Bertz CT molecular complexity index is 306. The first-order valence-electron chi connectivity index (χ1n) is 4.44. The van der Waals surface area contributed by atoms with Crippen LogP contribution in [0, 0.1) is 5.92 Å². The normalized spacial score (nSPS) is 12.5. The van der Waals surface area contributed by atoms with Crippen molar-refractivity contribution < 1.29 is 9.53 Å². The maximum Gasteiger partial charge on any atom is 0.167 e. The summed E-state index contributed by atoms with van der Waals surface area (Å²) in [5.74, 6) is 0.0422. The van der Waals surface area contributed by atoms with Crippen molar-refractivity contribution in [2.75, 3.05) is 13.7 Å². The number of carbonyl (C=O) groups excluding carboxylic acids is 1. The van der Waals surface area contributed by atoms with Gasteiger partial charge >= 0.3 is 0 Å². The summed E-state index contributed by atoms with van der Waals surface area (Å²) >= 11 is 3.33. The summed E-state index contributed by atoms with van der Waals surface area (Å²) in [6, 6.07) is 7.37. The van der Waals surface area contributed by atoms with Crippen LogP contribution in [0.3, 0.4) is 0 Å². The Morgan fingerprint density at radius 3 is 2.50 bits per heavy atom. The molecule has 1 aromatic carbocycles. The van der Waals surface area contributed by atoms with Gasteiger partial charge < -0.3 is 4.74 Å². The van der Waals surface area contributed by atoms with E-state index in [0.29, 0.717) is 6.61 Å². The van der Waals surface area contributed by atoms with Crippen LogP contribution in [0.5, 0.6) is 0 Å². The van der Waals surface area contributed by atoms with Crippen molar-refractivity contribution >= 4 is 21.7 Å². The lowest BCUT2D eigenvalue weighted by Gasteiger charge is -2.08. The zero-order chi connectivity index (χ0) is 10.6. The predicted octanol–water partition coefficient (Wildman–Crippen LogP) is 2.91. The molecule has 0 heterocycles. The van der Waals surface area contributed by atoms with Gasteiger partial charge in [-0.15, -0.1) is 0 Å². The van der Waals surface area contributed by atoms with Gasteiger partial charge in [0.1, 0.15) is 0 Å². The Hall–Kier alpha value is -0.670. The number of methoxy groups -OCH3 is 1. The zero-order valence-corrected chi connectivity index (χ0v) is 9.87. The molecule has 14 heavy (non-hydrogen) atoms. The summed E-state index contributed by atoms with van der Waals surface area (Å²) < 4.78 is 5.92. The Morgan fingerprint density at radius 1 is 1.43 bits per heavy atom. The Labute approximate surface area is 92.4 Å². The van der Waals surface area contributed by atoms with Gasteiger partial charge in [0, 0.05) is 23.1 Å². The van der Waals surface area contributed by atoms with Gasteiger partial charge in [0.15, 0.2) is 5.78 Å². The van der Waals surface area contributed by atoms with Gasteiger partial charge in [-0.2, -0.15) is 0 Å². The van der Waals surface area contributed by atoms with Gasteiger partial charge in [-0.3, -0.25) is 4.79 Å². The third kappa shape index (κ3) is 2.93. The molecule has 0 aromatic heterocycles. The molecule has 76 valence electrons. The fourth-order valence-corrected chi connectivity index (χ4v) is 1.49. The molecule has 1 unspecified atom stereocenters. The minimum Gasteiger partial charge on any atom is -0.384 e. The second-order valence-corrected chi connectivity index (χ2v) is 4.14. The molecule has 0 amide bonds. The van der Waals surface area contributed by atoms with Crippen molar-refractivity contribution in [3.63, 3.8) is 0 Å². The average Bonchev–Trinajstić information content (AvgIpc) is 2.18. The van der Waals surface area contributed by atoms with E-state index >= 15 is 0 Å². The van der Waals surface area contributed by atoms with Crippen molar-refractivity contribution in [2.24, 2.45) is 5.92 Å². The molecule has 2 nitrogen and oxygen atoms in total. The second kappa shape index (κ2) is 5.27. The number of ether oxygens (including phenoxy) is 1. The third-order valence-corrected chi connectivity index (χ3v) is 2.52. The smallest absolute Gasteiger partial charge is 0.167 e. The monoisotopic (exact) mass is 256 g/mol. The van der Waals surface area contributed by atoms with E-state index in [1.807, 2.05) is 31.2 Å². The van der Waals surface area contributed by atoms with Crippen LogP contribution >= 0.6 is 15.9 Å². The van der Waals surface area contributed by atoms with E-state index in [-0.39, 0.29) is 11.7 Å². The quantitative estimate of drug-likeness (QED) is 0.775. The van der Waals surface area contributed by atoms with Crippen LogP contribution in [0.4, 0.5) is 0 Å². The second-order valence-electron chi connectivity index (χ2n) is 3.23. The van der Waals surface area contributed by atoms with E-state index in [0.717, 1.165) is 10.0 Å². The van der Waals surface area contributed by atoms with E-state index in [2.05, 4.69) is 15.9 Å². The number of ketones is 1. The molecule has 3 heteroatoms. The third-order valence-electron chi connectivity index (χ3n) is 1.99. The summed E-state index contributed by atoms with van der Waals surface area (Å²) in [5, 5.41) is 0. The molecule has 0 saturated heterocycles. The number of rotatable bonds is 4. The SMILES string of the molecule is COCC(C)C(=O)c1ccc(Br)cc1. The van der Waals surface area contributed by atoms with Crippen molar-refractivity contribution in [3.8, 4) is 0 Å². The molecule has 0 N–H and O–H groups in total. The average molecular weight is 257 g/mol. The highest BCUT2D eigenvalue weighted by Crippen LogP contribution is 2.14. The fourth-order valence-electron chi connectivity index (χ4n) is 1.22. The Morgan fingerprint density at radius 2 is 2.00 bits per heavy atom. The first-order valence-corrected chi connectivity index (χ1v) is 5.23. The van der Waals surface area contributed by atoms with Crippen LogP contribution in [-0.2, 0) is 4.74 Å². The Kier molecular flexibility index (Phi) is 4.29. The van der Waals surface area contributed by atoms with Crippen LogP contribution in [0.25, 0.3) is 0 Å². The summed E-state index contributed by atoms with van der Waals surface area (Å²) in [4.78, 5) is 11.8. The summed E-state index contributed by atoms with van der Waals surface area (Å²) in [5.41, 5.74) is 0.734. The number of carbonyl (C=O) groups is 1. The molecule has 0 aliphatic carbocycles. The van der Waals surface area contributed by atoms with Gasteiger partial charge in [-0.1, -0.05) is 35.0 Å². The van der Waals surface area contributed by atoms with Crippen LogP contribution < -0.4 is 0 Å². The number of benzene rings is 1. The van der Waals surface area contributed by atoms with E-state index < -0.39 is 0 Å². The van der Waals surface area contributed by atoms with E-state index in [1.165, 1.54) is 0 Å². The van der Waals surface area contributed by atoms with Gasteiger partial charge in [0.25, 0.3) is 0 Å². The number of halogens is 1. The molecular weight excluding hydrogens is 244 g/mol. The molecule has 0 bridgehead atoms. The van der Waals surface area contributed by atoms with Crippen molar-refractivity contribution in [2.45, 2.75) is 6.92 Å². The van der Waals surface area contributed by atoms with Gasteiger partial charge in [0.2, 0.25) is 0 Å². The van der Waals surface area contributed by atoms with E-state index in [4.69, 9.17) is 4.74 Å². The van der Waals surface area contributed by atoms with Gasteiger partial charge in [0.05, 0.1) is 6.61 Å². The maximum atomic E-state index is 11.8. The highest BCUT2D eigenvalue weighted by Gasteiger charge is 2.14. The first-order chi connectivity index (χ1) is 6.65. The molecular formula is C11H13BrO2. The van der Waals surface area contributed by atoms with Crippen molar-refractivity contribution in [1.82, 2.24) is 0 Å². The zero-order valence-electron chi connectivity index (χ0n) is 8.29. The van der Waals surface area contributed by atoms with Crippen LogP contribution in [-0.4, -0.2) is 19.5 Å². The molecule has 1 rings (SSSR count). The number of Topliss-reactive ketones (excluding diaryl/α,β-unsaturated/α-hetero) is 1. The Balaban J connectivity index is 2.74.